The first kappa shape index (κ1) is 19.7. The Hall–Kier alpha value is -3.06. The number of nitrogens with one attached hydrogen (secondary N) is 1. The summed E-state index contributed by atoms with van der Waals surface area (Å²) in [6.45, 7) is 0.793. The van der Waals surface area contributed by atoms with E-state index in [9.17, 15) is 14.4 Å². The molecule has 8 heteroatoms. The van der Waals surface area contributed by atoms with Crippen molar-refractivity contribution < 1.29 is 9.53 Å². The quantitative estimate of drug-likeness (QED) is 0.658. The molecular formula is C20H20ClN3O4. The number of fused-ring (bicyclic) bond motifs is 1. The number of likely N-dealkylation sites (N-methyl/N-ethyl adjacent to an activating group) is 1. The average Bonchev–Trinajstić information content (AvgIpc) is 2.69. The molecule has 0 aliphatic heterocycles. The minimum Gasteiger partial charge on any atom is -0.492 e. The highest BCUT2D eigenvalue weighted by Gasteiger charge is 2.12. The van der Waals surface area contributed by atoms with E-state index in [1.54, 1.807) is 55.6 Å². The SMILES string of the molecule is CN(CCOc1cccc(Cl)c1)C(=O)CCn1[nH]c(=O)c2ccccc2c1=O. The van der Waals surface area contributed by atoms with Gasteiger partial charge in [-0.2, -0.15) is 0 Å². The molecule has 2 aromatic carbocycles. The molecule has 1 aromatic heterocycles. The lowest BCUT2D eigenvalue weighted by atomic mass is 10.2. The number of benzene rings is 2. The van der Waals surface area contributed by atoms with Crippen LogP contribution in [-0.2, 0) is 11.3 Å². The van der Waals surface area contributed by atoms with Crippen molar-refractivity contribution >= 4 is 28.3 Å². The van der Waals surface area contributed by atoms with Gasteiger partial charge in [-0.25, -0.2) is 4.68 Å². The molecule has 28 heavy (non-hydrogen) atoms. The predicted molar refractivity (Wildman–Crippen MR) is 108 cm³/mol. The van der Waals surface area contributed by atoms with Crippen LogP contribution in [0, 0.1) is 0 Å². The van der Waals surface area contributed by atoms with E-state index in [0.29, 0.717) is 34.7 Å². The number of ether oxygens (including phenoxy) is 1. The molecule has 1 amide bonds. The van der Waals surface area contributed by atoms with E-state index in [4.69, 9.17) is 16.3 Å². The molecule has 0 unspecified atom stereocenters. The second kappa shape index (κ2) is 8.75. The average molecular weight is 402 g/mol. The van der Waals surface area contributed by atoms with Crippen LogP contribution in [0.3, 0.4) is 0 Å². The molecule has 0 aliphatic rings. The molecule has 0 saturated heterocycles. The third-order valence-electron chi connectivity index (χ3n) is 4.35. The summed E-state index contributed by atoms with van der Waals surface area (Å²) in [5.74, 6) is 0.476. The second-order valence-corrected chi connectivity index (χ2v) is 6.75. The van der Waals surface area contributed by atoms with Crippen molar-refractivity contribution in [1.82, 2.24) is 14.7 Å². The van der Waals surface area contributed by atoms with Gasteiger partial charge in [0.1, 0.15) is 12.4 Å². The van der Waals surface area contributed by atoms with Crippen molar-refractivity contribution in [3.05, 3.63) is 74.3 Å². The van der Waals surface area contributed by atoms with Crippen LogP contribution >= 0.6 is 11.6 Å². The zero-order valence-electron chi connectivity index (χ0n) is 15.4. The van der Waals surface area contributed by atoms with Crippen LogP contribution in [0.15, 0.2) is 58.1 Å². The van der Waals surface area contributed by atoms with E-state index in [1.165, 1.54) is 9.58 Å². The van der Waals surface area contributed by atoms with Gasteiger partial charge in [0.05, 0.1) is 23.9 Å². The number of carbonyl (C=O) groups is 1. The number of hydrogen-bond acceptors (Lipinski definition) is 4. The molecule has 3 rings (SSSR count). The fraction of sp³-hybridized carbons (Fsp3) is 0.250. The molecular weight excluding hydrogens is 382 g/mol. The standard InChI is InChI=1S/C20H20ClN3O4/c1-23(11-12-28-15-6-4-5-14(21)13-15)18(25)9-10-24-20(27)17-8-3-2-7-16(17)19(26)22-24/h2-8,13H,9-12H2,1H3,(H,22,26). The number of H-pyrrole nitrogens is 1. The zero-order valence-corrected chi connectivity index (χ0v) is 16.1. The van der Waals surface area contributed by atoms with Crippen LogP contribution in [0.4, 0.5) is 0 Å². The summed E-state index contributed by atoms with van der Waals surface area (Å²) in [4.78, 5) is 38.4. The minimum atomic E-state index is -0.356. The van der Waals surface area contributed by atoms with Crippen molar-refractivity contribution in [2.75, 3.05) is 20.2 Å². The largest absolute Gasteiger partial charge is 0.492 e. The van der Waals surface area contributed by atoms with E-state index in [2.05, 4.69) is 5.10 Å². The monoisotopic (exact) mass is 401 g/mol. The molecule has 0 bridgehead atoms. The number of halogens is 1. The second-order valence-electron chi connectivity index (χ2n) is 6.31. The van der Waals surface area contributed by atoms with E-state index in [1.807, 2.05) is 0 Å². The topological polar surface area (TPSA) is 84.4 Å². The van der Waals surface area contributed by atoms with Gasteiger partial charge in [0.2, 0.25) is 5.91 Å². The Morgan fingerprint density at radius 1 is 1.14 bits per heavy atom. The maximum absolute atomic E-state index is 12.5. The fourth-order valence-corrected chi connectivity index (χ4v) is 2.96. The molecule has 0 aliphatic carbocycles. The molecule has 0 spiro atoms. The lowest BCUT2D eigenvalue weighted by molar-refractivity contribution is -0.130. The number of hydrogen-bond donors (Lipinski definition) is 1. The van der Waals surface area contributed by atoms with Crippen molar-refractivity contribution in [2.45, 2.75) is 13.0 Å². The summed E-state index contributed by atoms with van der Waals surface area (Å²) in [6, 6.07) is 13.6. The number of aromatic nitrogens is 2. The summed E-state index contributed by atoms with van der Waals surface area (Å²) in [6.07, 6.45) is 0.0852. The Bertz CT molecular complexity index is 1110. The van der Waals surface area contributed by atoms with Gasteiger partial charge in [-0.3, -0.25) is 19.5 Å². The molecule has 1 heterocycles. The van der Waals surface area contributed by atoms with Crippen molar-refractivity contribution in [2.24, 2.45) is 0 Å². The summed E-state index contributed by atoms with van der Waals surface area (Å²) < 4.78 is 6.75. The Morgan fingerprint density at radius 2 is 1.89 bits per heavy atom. The first-order valence-corrected chi connectivity index (χ1v) is 9.17. The smallest absolute Gasteiger partial charge is 0.273 e. The molecule has 0 fully saturated rings. The zero-order chi connectivity index (χ0) is 20.1. The highest BCUT2D eigenvalue weighted by molar-refractivity contribution is 6.30. The third kappa shape index (κ3) is 4.61. The normalized spacial score (nSPS) is 10.8. The summed E-state index contributed by atoms with van der Waals surface area (Å²) in [5.41, 5.74) is -0.680. The molecule has 146 valence electrons. The van der Waals surface area contributed by atoms with Gasteiger partial charge < -0.3 is 9.64 Å². The maximum Gasteiger partial charge on any atom is 0.273 e. The fourth-order valence-electron chi connectivity index (χ4n) is 2.78. The van der Waals surface area contributed by atoms with Crippen molar-refractivity contribution in [1.29, 1.82) is 0 Å². The number of nitrogens with zero attached hydrogens (tertiary/aromatic N) is 2. The predicted octanol–water partition coefficient (Wildman–Crippen LogP) is 2.27. The molecule has 1 N–H and O–H groups in total. The Morgan fingerprint density at radius 3 is 2.64 bits per heavy atom. The van der Waals surface area contributed by atoms with Gasteiger partial charge >= 0.3 is 0 Å². The van der Waals surface area contributed by atoms with Gasteiger partial charge in [0.15, 0.2) is 0 Å². The number of carbonyl (C=O) groups excluding carboxylic acids is 1. The molecule has 0 saturated carbocycles. The lowest BCUT2D eigenvalue weighted by Crippen LogP contribution is -2.34. The minimum absolute atomic E-state index is 0.0852. The molecule has 7 nitrogen and oxygen atoms in total. The highest BCUT2D eigenvalue weighted by atomic mass is 35.5. The Labute approximate surface area is 166 Å². The van der Waals surface area contributed by atoms with Crippen LogP contribution in [0.2, 0.25) is 5.02 Å². The van der Waals surface area contributed by atoms with Crippen LogP contribution in [0.5, 0.6) is 5.75 Å². The van der Waals surface area contributed by atoms with E-state index < -0.39 is 0 Å². The van der Waals surface area contributed by atoms with Crippen molar-refractivity contribution in [3.63, 3.8) is 0 Å². The van der Waals surface area contributed by atoms with Gasteiger partial charge in [-0.05, 0) is 30.3 Å². The van der Waals surface area contributed by atoms with E-state index >= 15 is 0 Å². The molecule has 3 aromatic rings. The molecule has 0 atom stereocenters. The lowest BCUT2D eigenvalue weighted by Gasteiger charge is -2.18. The summed E-state index contributed by atoms with van der Waals surface area (Å²) in [5, 5.41) is 3.78. The van der Waals surface area contributed by atoms with Gasteiger partial charge in [-0.15, -0.1) is 0 Å². The van der Waals surface area contributed by atoms with Crippen molar-refractivity contribution in [3.8, 4) is 5.75 Å². The van der Waals surface area contributed by atoms with Crippen LogP contribution < -0.4 is 15.9 Å². The van der Waals surface area contributed by atoms with Crippen LogP contribution in [-0.4, -0.2) is 40.8 Å². The number of aromatic amines is 1. The van der Waals surface area contributed by atoms with Crippen LogP contribution in [0.1, 0.15) is 6.42 Å². The highest BCUT2D eigenvalue weighted by Crippen LogP contribution is 2.16. The third-order valence-corrected chi connectivity index (χ3v) is 4.59. The van der Waals surface area contributed by atoms with E-state index in [-0.39, 0.29) is 30.0 Å². The summed E-state index contributed by atoms with van der Waals surface area (Å²) >= 11 is 5.90. The first-order valence-electron chi connectivity index (χ1n) is 8.80. The Kier molecular flexibility index (Phi) is 6.16. The van der Waals surface area contributed by atoms with Gasteiger partial charge in [-0.1, -0.05) is 29.8 Å². The number of rotatable bonds is 7. The Balaban J connectivity index is 1.56. The summed E-state index contributed by atoms with van der Waals surface area (Å²) in [7, 11) is 1.66. The number of amides is 1. The maximum atomic E-state index is 12.5. The van der Waals surface area contributed by atoms with E-state index in [0.717, 1.165) is 0 Å². The van der Waals surface area contributed by atoms with Gasteiger partial charge in [0, 0.05) is 18.5 Å². The number of aryl methyl sites for hydroxylation is 1. The first-order chi connectivity index (χ1) is 13.5. The van der Waals surface area contributed by atoms with Crippen LogP contribution in [0.25, 0.3) is 10.8 Å². The van der Waals surface area contributed by atoms with Gasteiger partial charge in [0.25, 0.3) is 11.1 Å². The molecule has 0 radical (unpaired) electrons.